The van der Waals surface area contributed by atoms with Gasteiger partial charge in [0.15, 0.2) is 28.9 Å². The normalized spacial score (nSPS) is 25.1. The first-order chi connectivity index (χ1) is 18.8. The molecule has 3 aromatic rings. The number of ether oxygens (including phenoxy) is 2. The summed E-state index contributed by atoms with van der Waals surface area (Å²) in [6, 6.07) is 7.10. The van der Waals surface area contributed by atoms with Gasteiger partial charge in [0.1, 0.15) is 29.8 Å². The Kier molecular flexibility index (Phi) is 8.76. The zero-order valence-electron chi connectivity index (χ0n) is 23.1. The van der Waals surface area contributed by atoms with E-state index in [0.29, 0.717) is 22.8 Å². The molecular formula is C25H34FN6O7P. The highest BCUT2D eigenvalue weighted by Crippen LogP contribution is 2.48. The van der Waals surface area contributed by atoms with Crippen LogP contribution in [0, 0.1) is 6.92 Å². The highest BCUT2D eigenvalue weighted by molar-refractivity contribution is 7.52. The Labute approximate surface area is 231 Å². The lowest BCUT2D eigenvalue weighted by atomic mass is 9.98. The van der Waals surface area contributed by atoms with Crippen LogP contribution in [0.25, 0.3) is 11.2 Å². The fourth-order valence-electron chi connectivity index (χ4n) is 4.23. The minimum Gasteiger partial charge on any atom is -0.462 e. The van der Waals surface area contributed by atoms with Gasteiger partial charge in [-0.2, -0.15) is 5.09 Å². The molecule has 3 heterocycles. The number of para-hydroxylation sites is 1. The van der Waals surface area contributed by atoms with E-state index in [0.717, 1.165) is 0 Å². The molecule has 40 heavy (non-hydrogen) atoms. The molecule has 0 bridgehead atoms. The van der Waals surface area contributed by atoms with E-state index in [1.807, 2.05) is 0 Å². The summed E-state index contributed by atoms with van der Waals surface area (Å²) >= 11 is 0. The van der Waals surface area contributed by atoms with Gasteiger partial charge in [-0.3, -0.25) is 13.9 Å². The van der Waals surface area contributed by atoms with Gasteiger partial charge in [0, 0.05) is 7.05 Å². The Morgan fingerprint density at radius 1 is 1.27 bits per heavy atom. The maximum atomic E-state index is 16.0. The number of nitrogens with zero attached hydrogens (tertiary/aromatic N) is 4. The number of nitrogens with one attached hydrogen (secondary N) is 2. The van der Waals surface area contributed by atoms with Crippen LogP contribution in [-0.4, -0.2) is 74.3 Å². The Morgan fingerprint density at radius 2 is 1.98 bits per heavy atom. The van der Waals surface area contributed by atoms with Crippen LogP contribution in [0.5, 0.6) is 5.75 Å². The standard InChI is InChI=1S/C25H34FN6O7P/c1-14(2)37-23(34)15(3)31-40(35,39-17-10-8-7-9-11-17)36-12-18-20(33)25(5,26)24(38-18)32-13-28-19-21(27-6)29-16(4)30-22(19)32/h7-11,13-15,18,20,24,33H,12H2,1-6H3,(H,31,35)(H,27,29,30)/t15-,18?,20+,24+,25+,40-/m0/s1. The average molecular weight is 581 g/mol. The molecule has 0 aliphatic carbocycles. The minimum absolute atomic E-state index is 0.198. The summed E-state index contributed by atoms with van der Waals surface area (Å²) in [5.74, 6) is 0.404. The summed E-state index contributed by atoms with van der Waals surface area (Å²) < 4.78 is 53.4. The number of hydrogen-bond donors (Lipinski definition) is 3. The second-order valence-corrected chi connectivity index (χ2v) is 11.5. The van der Waals surface area contributed by atoms with Gasteiger partial charge in [-0.15, -0.1) is 0 Å². The van der Waals surface area contributed by atoms with E-state index >= 15 is 4.39 Å². The highest BCUT2D eigenvalue weighted by Gasteiger charge is 2.56. The number of fused-ring (bicyclic) bond motifs is 1. The number of benzene rings is 1. The Bertz CT molecular complexity index is 1390. The first kappa shape index (κ1) is 29.8. The van der Waals surface area contributed by atoms with Gasteiger partial charge in [-0.05, 0) is 46.8 Å². The number of carbonyl (C=O) groups is 1. The van der Waals surface area contributed by atoms with Crippen LogP contribution in [-0.2, 0) is 23.4 Å². The van der Waals surface area contributed by atoms with Crippen LogP contribution in [0.15, 0.2) is 36.7 Å². The van der Waals surface area contributed by atoms with Crippen molar-refractivity contribution in [3.63, 3.8) is 0 Å². The quantitative estimate of drug-likeness (QED) is 0.225. The second kappa shape index (κ2) is 11.8. The Hall–Kier alpha value is -3.16. The van der Waals surface area contributed by atoms with Gasteiger partial charge in [0.25, 0.3) is 0 Å². The third-order valence-corrected chi connectivity index (χ3v) is 7.82. The molecule has 0 saturated carbocycles. The highest BCUT2D eigenvalue weighted by atomic mass is 31.2. The van der Waals surface area contributed by atoms with Crippen molar-refractivity contribution in [1.29, 1.82) is 0 Å². The molecule has 15 heteroatoms. The predicted molar refractivity (Wildman–Crippen MR) is 143 cm³/mol. The smallest absolute Gasteiger partial charge is 0.459 e. The number of esters is 1. The molecule has 1 fully saturated rings. The lowest BCUT2D eigenvalue weighted by Gasteiger charge is -2.25. The zero-order chi connectivity index (χ0) is 29.2. The van der Waals surface area contributed by atoms with E-state index in [4.69, 9.17) is 18.5 Å². The lowest BCUT2D eigenvalue weighted by molar-refractivity contribution is -0.149. The molecule has 1 saturated heterocycles. The van der Waals surface area contributed by atoms with Gasteiger partial charge in [0.05, 0.1) is 19.0 Å². The number of aliphatic hydroxyl groups is 1. The van der Waals surface area contributed by atoms with E-state index in [9.17, 15) is 14.5 Å². The fraction of sp³-hybridized carbons (Fsp3) is 0.520. The van der Waals surface area contributed by atoms with Crippen LogP contribution in [0.2, 0.25) is 0 Å². The predicted octanol–water partition coefficient (Wildman–Crippen LogP) is 3.30. The van der Waals surface area contributed by atoms with Crippen molar-refractivity contribution >= 4 is 30.7 Å². The van der Waals surface area contributed by atoms with Crippen molar-refractivity contribution in [1.82, 2.24) is 24.6 Å². The summed E-state index contributed by atoms with van der Waals surface area (Å²) in [7, 11) is -2.59. The van der Waals surface area contributed by atoms with Gasteiger partial charge >= 0.3 is 13.7 Å². The van der Waals surface area contributed by atoms with Gasteiger partial charge in [-0.25, -0.2) is 23.9 Å². The molecule has 1 unspecified atom stereocenters. The van der Waals surface area contributed by atoms with Crippen LogP contribution in [0.3, 0.4) is 0 Å². The number of aryl methyl sites for hydroxylation is 1. The molecule has 0 radical (unpaired) electrons. The topological polar surface area (TPSA) is 159 Å². The number of imidazole rings is 1. The summed E-state index contributed by atoms with van der Waals surface area (Å²) in [4.78, 5) is 25.3. The van der Waals surface area contributed by atoms with Crippen molar-refractivity contribution in [3.05, 3.63) is 42.5 Å². The van der Waals surface area contributed by atoms with Crippen molar-refractivity contribution in [2.75, 3.05) is 19.0 Å². The Morgan fingerprint density at radius 3 is 2.62 bits per heavy atom. The molecule has 4 rings (SSSR count). The molecule has 0 amide bonds. The van der Waals surface area contributed by atoms with E-state index in [1.54, 1.807) is 58.2 Å². The number of anilines is 1. The molecular weight excluding hydrogens is 546 g/mol. The van der Waals surface area contributed by atoms with Crippen LogP contribution in [0.1, 0.15) is 39.7 Å². The third kappa shape index (κ3) is 6.26. The molecule has 218 valence electrons. The van der Waals surface area contributed by atoms with Crippen LogP contribution >= 0.6 is 7.75 Å². The Balaban J connectivity index is 1.56. The van der Waals surface area contributed by atoms with E-state index in [2.05, 4.69) is 25.4 Å². The first-order valence-corrected chi connectivity index (χ1v) is 14.3. The monoisotopic (exact) mass is 580 g/mol. The van der Waals surface area contributed by atoms with Crippen LogP contribution < -0.4 is 14.9 Å². The maximum absolute atomic E-state index is 16.0. The van der Waals surface area contributed by atoms with Crippen LogP contribution in [0.4, 0.5) is 10.2 Å². The van der Waals surface area contributed by atoms with Crippen molar-refractivity contribution < 1.29 is 37.4 Å². The number of aromatic nitrogens is 4. The van der Waals surface area contributed by atoms with E-state index in [-0.39, 0.29) is 5.75 Å². The summed E-state index contributed by atoms with van der Waals surface area (Å²) in [6.07, 6.45) is -3.34. The maximum Gasteiger partial charge on any atom is 0.459 e. The summed E-state index contributed by atoms with van der Waals surface area (Å²) in [5, 5.41) is 16.4. The molecule has 2 aromatic heterocycles. The number of alkyl halides is 1. The van der Waals surface area contributed by atoms with Gasteiger partial charge in [-0.1, -0.05) is 18.2 Å². The SMILES string of the molecule is CNc1nc(C)nc2c1ncn2[C@@H]1OC(CO[P@@](=O)(N[C@@H](C)C(=O)OC(C)C)Oc2ccccc2)[C@@H](O)[C@@]1(C)F. The molecule has 6 atom stereocenters. The fourth-order valence-corrected chi connectivity index (χ4v) is 5.73. The molecule has 3 N–H and O–H groups in total. The third-order valence-electron chi connectivity index (χ3n) is 6.17. The second-order valence-electron chi connectivity index (χ2n) is 9.85. The minimum atomic E-state index is -4.26. The van der Waals surface area contributed by atoms with E-state index in [1.165, 1.54) is 24.7 Å². The zero-order valence-corrected chi connectivity index (χ0v) is 24.0. The van der Waals surface area contributed by atoms with Gasteiger partial charge < -0.3 is 24.4 Å². The first-order valence-electron chi connectivity index (χ1n) is 12.7. The van der Waals surface area contributed by atoms with Gasteiger partial charge in [0.2, 0.25) is 0 Å². The largest absolute Gasteiger partial charge is 0.462 e. The number of rotatable bonds is 11. The van der Waals surface area contributed by atoms with Crippen molar-refractivity contribution in [3.8, 4) is 5.75 Å². The van der Waals surface area contributed by atoms with Crippen molar-refractivity contribution in [2.45, 2.75) is 70.9 Å². The summed E-state index contributed by atoms with van der Waals surface area (Å²) in [6.45, 7) is 7.13. The van der Waals surface area contributed by atoms with Crippen molar-refractivity contribution in [2.24, 2.45) is 0 Å². The number of aliphatic hydroxyl groups excluding tert-OH is 1. The molecule has 1 aliphatic heterocycles. The number of halogens is 1. The molecule has 0 spiro atoms. The van der Waals surface area contributed by atoms with E-state index < -0.39 is 56.6 Å². The lowest BCUT2D eigenvalue weighted by Crippen LogP contribution is -2.41. The molecule has 1 aliphatic rings. The molecule has 13 nitrogen and oxygen atoms in total. The number of carbonyl (C=O) groups excluding carboxylic acids is 1. The average Bonchev–Trinajstić information content (AvgIpc) is 3.40. The summed E-state index contributed by atoms with van der Waals surface area (Å²) in [5.41, 5.74) is -1.61. The molecule has 1 aromatic carbocycles. The number of hydrogen-bond acceptors (Lipinski definition) is 11.